The number of aliphatic carboxylic acids is 1. The first-order valence-electron chi connectivity index (χ1n) is 8.66. The molecule has 0 bridgehead atoms. The first kappa shape index (κ1) is 18.0. The molecule has 1 aliphatic heterocycles. The van der Waals surface area contributed by atoms with Gasteiger partial charge < -0.3 is 5.11 Å². The zero-order valence-corrected chi connectivity index (χ0v) is 14.7. The first-order valence-corrected chi connectivity index (χ1v) is 8.66. The Morgan fingerprint density at radius 2 is 1.78 bits per heavy atom. The van der Waals surface area contributed by atoms with Crippen LogP contribution in [0.3, 0.4) is 0 Å². The van der Waals surface area contributed by atoms with Crippen LogP contribution in [0.15, 0.2) is 24.3 Å². The lowest BCUT2D eigenvalue weighted by molar-refractivity contribution is -0.138. The molecular weight excluding hydrogens is 288 g/mol. The standard InChI is InChI=1S/C19H30N2O2/c1-15(2)12-16-4-6-17(7-5-16)13-21-10-8-18(9-11-21)20(3)14-19(22)23/h4-7,15,18H,8-14H2,1-3H3,(H,22,23). The van der Waals surface area contributed by atoms with Crippen LogP contribution in [-0.4, -0.2) is 53.6 Å². The molecular formula is C19H30N2O2. The summed E-state index contributed by atoms with van der Waals surface area (Å²) in [5.74, 6) is -0.0425. The van der Waals surface area contributed by atoms with Crippen molar-refractivity contribution >= 4 is 5.97 Å². The van der Waals surface area contributed by atoms with Gasteiger partial charge in [0, 0.05) is 12.6 Å². The Morgan fingerprint density at radius 3 is 2.30 bits per heavy atom. The monoisotopic (exact) mass is 318 g/mol. The summed E-state index contributed by atoms with van der Waals surface area (Å²) in [4.78, 5) is 15.2. The quantitative estimate of drug-likeness (QED) is 0.839. The van der Waals surface area contributed by atoms with E-state index in [9.17, 15) is 4.79 Å². The number of likely N-dealkylation sites (tertiary alicyclic amines) is 1. The van der Waals surface area contributed by atoms with Gasteiger partial charge in [-0.05, 0) is 56.4 Å². The number of benzene rings is 1. The number of piperidine rings is 1. The summed E-state index contributed by atoms with van der Waals surface area (Å²) in [6.45, 7) is 7.73. The SMILES string of the molecule is CC(C)Cc1ccc(CN2CCC(N(C)CC(=O)O)CC2)cc1. The Bertz CT molecular complexity index is 491. The minimum absolute atomic E-state index is 0.141. The van der Waals surface area contributed by atoms with Crippen LogP contribution in [0.5, 0.6) is 0 Å². The van der Waals surface area contributed by atoms with E-state index in [4.69, 9.17) is 5.11 Å². The molecule has 0 aromatic heterocycles. The second-order valence-electron chi connectivity index (χ2n) is 7.23. The van der Waals surface area contributed by atoms with E-state index in [1.54, 1.807) is 0 Å². The van der Waals surface area contributed by atoms with Crippen LogP contribution in [0.2, 0.25) is 0 Å². The van der Waals surface area contributed by atoms with Crippen molar-refractivity contribution in [2.24, 2.45) is 5.92 Å². The minimum atomic E-state index is -0.739. The molecule has 0 saturated carbocycles. The maximum absolute atomic E-state index is 10.8. The van der Waals surface area contributed by atoms with Gasteiger partial charge in [-0.3, -0.25) is 14.6 Å². The summed E-state index contributed by atoms with van der Waals surface area (Å²) in [6.07, 6.45) is 3.24. The molecule has 23 heavy (non-hydrogen) atoms. The highest BCUT2D eigenvalue weighted by Crippen LogP contribution is 2.18. The van der Waals surface area contributed by atoms with Gasteiger partial charge in [0.15, 0.2) is 0 Å². The van der Waals surface area contributed by atoms with Crippen LogP contribution in [0.1, 0.15) is 37.8 Å². The molecule has 1 N–H and O–H groups in total. The molecule has 0 aliphatic carbocycles. The smallest absolute Gasteiger partial charge is 0.317 e. The van der Waals surface area contributed by atoms with Gasteiger partial charge in [0.1, 0.15) is 0 Å². The van der Waals surface area contributed by atoms with Crippen molar-refractivity contribution in [3.63, 3.8) is 0 Å². The molecule has 128 valence electrons. The lowest BCUT2D eigenvalue weighted by atomic mass is 10.0. The Labute approximate surface area is 140 Å². The van der Waals surface area contributed by atoms with Crippen LogP contribution >= 0.6 is 0 Å². The number of carboxylic acid groups (broad SMARTS) is 1. The van der Waals surface area contributed by atoms with Crippen LogP contribution in [0.4, 0.5) is 0 Å². The Kier molecular flexibility index (Phi) is 6.60. The first-order chi connectivity index (χ1) is 10.9. The van der Waals surface area contributed by atoms with Crippen LogP contribution in [0, 0.1) is 5.92 Å². The van der Waals surface area contributed by atoms with Gasteiger partial charge in [-0.1, -0.05) is 38.1 Å². The fraction of sp³-hybridized carbons (Fsp3) is 0.632. The highest BCUT2D eigenvalue weighted by molar-refractivity contribution is 5.69. The maximum atomic E-state index is 10.8. The molecule has 0 amide bonds. The number of rotatable bonds is 7. The summed E-state index contributed by atoms with van der Waals surface area (Å²) >= 11 is 0. The molecule has 0 atom stereocenters. The fourth-order valence-corrected chi connectivity index (χ4v) is 3.37. The Morgan fingerprint density at radius 1 is 1.22 bits per heavy atom. The lowest BCUT2D eigenvalue weighted by Crippen LogP contribution is -2.44. The van der Waals surface area contributed by atoms with E-state index in [-0.39, 0.29) is 6.54 Å². The minimum Gasteiger partial charge on any atom is -0.480 e. The lowest BCUT2D eigenvalue weighted by Gasteiger charge is -2.36. The van der Waals surface area contributed by atoms with Gasteiger partial charge in [0.05, 0.1) is 6.54 Å². The number of hydrogen-bond donors (Lipinski definition) is 1. The molecule has 1 heterocycles. The number of likely N-dealkylation sites (N-methyl/N-ethyl adjacent to an activating group) is 1. The van der Waals surface area contributed by atoms with Gasteiger partial charge in [-0.2, -0.15) is 0 Å². The molecule has 4 nitrogen and oxygen atoms in total. The zero-order chi connectivity index (χ0) is 16.8. The van der Waals surface area contributed by atoms with Crippen molar-refractivity contribution in [2.75, 3.05) is 26.7 Å². The number of hydrogen-bond acceptors (Lipinski definition) is 3. The van der Waals surface area contributed by atoms with Crippen molar-refractivity contribution in [1.82, 2.24) is 9.80 Å². The van der Waals surface area contributed by atoms with E-state index in [0.717, 1.165) is 38.9 Å². The summed E-state index contributed by atoms with van der Waals surface area (Å²) in [5, 5.41) is 8.89. The number of nitrogens with zero attached hydrogens (tertiary/aromatic N) is 2. The number of carbonyl (C=O) groups is 1. The second-order valence-corrected chi connectivity index (χ2v) is 7.23. The van der Waals surface area contributed by atoms with Crippen molar-refractivity contribution in [2.45, 2.75) is 45.7 Å². The summed E-state index contributed by atoms with van der Waals surface area (Å²) in [6, 6.07) is 9.40. The average molecular weight is 318 g/mol. The van der Waals surface area contributed by atoms with E-state index >= 15 is 0 Å². The molecule has 1 saturated heterocycles. The molecule has 0 spiro atoms. The third-order valence-corrected chi connectivity index (χ3v) is 4.64. The normalized spacial score (nSPS) is 17.1. The van der Waals surface area contributed by atoms with E-state index in [1.807, 2.05) is 11.9 Å². The van der Waals surface area contributed by atoms with Crippen molar-refractivity contribution in [1.29, 1.82) is 0 Å². The highest BCUT2D eigenvalue weighted by atomic mass is 16.4. The van der Waals surface area contributed by atoms with Crippen LogP contribution in [-0.2, 0) is 17.8 Å². The van der Waals surface area contributed by atoms with E-state index < -0.39 is 5.97 Å². The Balaban J connectivity index is 1.78. The van der Waals surface area contributed by atoms with Gasteiger partial charge >= 0.3 is 5.97 Å². The topological polar surface area (TPSA) is 43.8 Å². The van der Waals surface area contributed by atoms with Gasteiger partial charge in [-0.25, -0.2) is 0 Å². The third kappa shape index (κ3) is 5.96. The van der Waals surface area contributed by atoms with Crippen LogP contribution < -0.4 is 0 Å². The molecule has 4 heteroatoms. The van der Waals surface area contributed by atoms with Gasteiger partial charge in [0.25, 0.3) is 0 Å². The van der Waals surface area contributed by atoms with Crippen molar-refractivity contribution < 1.29 is 9.90 Å². The summed E-state index contributed by atoms with van der Waals surface area (Å²) in [7, 11) is 1.92. The molecule has 1 aromatic carbocycles. The van der Waals surface area contributed by atoms with E-state index in [2.05, 4.69) is 43.0 Å². The zero-order valence-electron chi connectivity index (χ0n) is 14.7. The molecule has 0 radical (unpaired) electrons. The molecule has 1 fully saturated rings. The summed E-state index contributed by atoms with van der Waals surface area (Å²) in [5.41, 5.74) is 2.78. The largest absolute Gasteiger partial charge is 0.480 e. The summed E-state index contributed by atoms with van der Waals surface area (Å²) < 4.78 is 0. The molecule has 2 rings (SSSR count). The van der Waals surface area contributed by atoms with E-state index in [1.165, 1.54) is 11.1 Å². The predicted octanol–water partition coefficient (Wildman–Crippen LogP) is 2.87. The predicted molar refractivity (Wildman–Crippen MR) is 93.5 cm³/mol. The molecule has 1 aliphatic rings. The molecule has 1 aromatic rings. The number of carboxylic acids is 1. The van der Waals surface area contributed by atoms with Crippen molar-refractivity contribution in [3.05, 3.63) is 35.4 Å². The average Bonchev–Trinajstić information content (AvgIpc) is 2.49. The highest BCUT2D eigenvalue weighted by Gasteiger charge is 2.23. The third-order valence-electron chi connectivity index (χ3n) is 4.64. The Hall–Kier alpha value is -1.39. The van der Waals surface area contributed by atoms with Crippen molar-refractivity contribution in [3.8, 4) is 0 Å². The fourth-order valence-electron chi connectivity index (χ4n) is 3.37. The molecule has 0 unspecified atom stereocenters. The second kappa shape index (κ2) is 8.46. The van der Waals surface area contributed by atoms with Gasteiger partial charge in [-0.15, -0.1) is 0 Å². The van der Waals surface area contributed by atoms with E-state index in [0.29, 0.717) is 12.0 Å². The maximum Gasteiger partial charge on any atom is 0.317 e. The van der Waals surface area contributed by atoms with Gasteiger partial charge in [0.2, 0.25) is 0 Å². The van der Waals surface area contributed by atoms with Crippen LogP contribution in [0.25, 0.3) is 0 Å².